The highest BCUT2D eigenvalue weighted by Crippen LogP contribution is 2.18. The van der Waals surface area contributed by atoms with Gasteiger partial charge in [0.1, 0.15) is 22.8 Å². The number of ether oxygens (including phenoxy) is 1. The van der Waals surface area contributed by atoms with Gasteiger partial charge in [-0.3, -0.25) is 0 Å². The molecule has 2 aromatic rings. The second-order valence-electron chi connectivity index (χ2n) is 8.41. The van der Waals surface area contributed by atoms with Gasteiger partial charge >= 0.3 is 0 Å². The van der Waals surface area contributed by atoms with Gasteiger partial charge in [-0.05, 0) is 44.5 Å². The monoisotopic (exact) mass is 379 g/mol. The van der Waals surface area contributed by atoms with E-state index < -0.39 is 19.4 Å². The van der Waals surface area contributed by atoms with Crippen LogP contribution in [0.15, 0.2) is 28.9 Å². The maximum Gasteiger partial charge on any atom is 0.144 e. The van der Waals surface area contributed by atoms with Gasteiger partial charge in [0.05, 0.1) is 23.6 Å². The molecule has 0 spiro atoms. The van der Waals surface area contributed by atoms with Crippen molar-refractivity contribution in [2.45, 2.75) is 57.9 Å². The fourth-order valence-electron chi connectivity index (χ4n) is 2.07. The molecule has 1 heterocycles. The largest absolute Gasteiger partial charge is 0.591 e. The van der Waals surface area contributed by atoms with Gasteiger partial charge < -0.3 is 13.9 Å². The van der Waals surface area contributed by atoms with Gasteiger partial charge in [0.2, 0.25) is 0 Å². The molecule has 0 aliphatic carbocycles. The Balaban J connectivity index is 2.02. The molecule has 7 heteroatoms. The van der Waals surface area contributed by atoms with Gasteiger partial charge in [-0.1, -0.05) is 30.1 Å². The zero-order chi connectivity index (χ0) is 18.7. The summed E-state index contributed by atoms with van der Waals surface area (Å²) in [5.74, 6) is 0. The number of benzene rings is 1. The van der Waals surface area contributed by atoms with Crippen LogP contribution in [0.1, 0.15) is 26.3 Å². The third-order valence-electron chi connectivity index (χ3n) is 3.69. The first-order chi connectivity index (χ1) is 11.6. The minimum atomic E-state index is -1.25. The van der Waals surface area contributed by atoms with Crippen LogP contribution in [0.5, 0.6) is 0 Å². The molecule has 1 unspecified atom stereocenters. The summed E-state index contributed by atoms with van der Waals surface area (Å²) in [6.45, 7) is 14.1. The first-order valence-electron chi connectivity index (χ1n) is 8.55. The van der Waals surface area contributed by atoms with E-state index in [0.29, 0.717) is 6.73 Å². The van der Waals surface area contributed by atoms with Crippen molar-refractivity contribution in [3.8, 4) is 0 Å². The minimum absolute atomic E-state index is 0.352. The van der Waals surface area contributed by atoms with Crippen molar-refractivity contribution >= 4 is 36.7 Å². The first-order valence-corrected chi connectivity index (χ1v) is 13.4. The minimum Gasteiger partial charge on any atom is -0.591 e. The molecule has 0 radical (unpaired) electrons. The lowest BCUT2D eigenvalue weighted by atomic mass is 10.2. The molecule has 138 valence electrons. The summed E-state index contributed by atoms with van der Waals surface area (Å²) in [5, 5.41) is 0. The molecular weight excluding hydrogens is 350 g/mol. The molecule has 0 saturated carbocycles. The van der Waals surface area contributed by atoms with Gasteiger partial charge in [0, 0.05) is 14.7 Å². The molecule has 1 aromatic heterocycles. The van der Waals surface area contributed by atoms with Crippen LogP contribution < -0.4 is 0 Å². The molecule has 0 saturated heterocycles. The Hall–Kier alpha value is -1.15. The fraction of sp³-hybridized carbons (Fsp3) is 0.556. The van der Waals surface area contributed by atoms with Crippen LogP contribution >= 0.6 is 0 Å². The number of imidazole rings is 1. The summed E-state index contributed by atoms with van der Waals surface area (Å²) in [4.78, 5) is 4.44. The van der Waals surface area contributed by atoms with Gasteiger partial charge in [0.25, 0.3) is 0 Å². The molecule has 1 aromatic carbocycles. The maximum absolute atomic E-state index is 12.0. The van der Waals surface area contributed by atoms with Crippen LogP contribution in [0.4, 0.5) is 0 Å². The van der Waals surface area contributed by atoms with E-state index in [1.165, 1.54) is 0 Å². The van der Waals surface area contributed by atoms with Crippen molar-refractivity contribution in [2.75, 3.05) is 6.61 Å². The quantitative estimate of drug-likeness (QED) is 0.313. The number of aromatic nitrogens is 2. The molecular formula is C18H29N3O2SSi. The van der Waals surface area contributed by atoms with E-state index in [9.17, 15) is 4.55 Å². The van der Waals surface area contributed by atoms with E-state index in [0.717, 1.165) is 29.2 Å². The number of hydrogen-bond acceptors (Lipinski definition) is 4. The third kappa shape index (κ3) is 6.25. The standard InChI is InChI=1S/C18H29N3O2SSi/c1-18(2,3)24(22)20-12-15-7-8-17-16(11-15)19-13-21(17)14-23-9-10-25(4,5)6/h7-8,11-13H,9-10,14H2,1-6H3. The second kappa shape index (κ2) is 8.03. The number of rotatable bonds is 7. The molecule has 2 rings (SSSR count). The van der Waals surface area contributed by atoms with Gasteiger partial charge in [0.15, 0.2) is 0 Å². The molecule has 0 amide bonds. The average Bonchev–Trinajstić information content (AvgIpc) is 2.89. The highest BCUT2D eigenvalue weighted by atomic mass is 32.2. The van der Waals surface area contributed by atoms with Gasteiger partial charge in [-0.15, -0.1) is 0 Å². The van der Waals surface area contributed by atoms with Crippen molar-refractivity contribution in [3.63, 3.8) is 0 Å². The Morgan fingerprint density at radius 1 is 1.32 bits per heavy atom. The van der Waals surface area contributed by atoms with E-state index in [1.807, 2.05) is 43.5 Å². The Morgan fingerprint density at radius 2 is 2.04 bits per heavy atom. The Bertz CT molecular complexity index is 732. The summed E-state index contributed by atoms with van der Waals surface area (Å²) < 4.78 is 23.6. The SMILES string of the molecule is CC(C)(C)[S+]([O-])N=Cc1ccc2c(c1)ncn2COCC[Si](C)(C)C. The van der Waals surface area contributed by atoms with E-state index in [2.05, 4.69) is 29.0 Å². The third-order valence-corrected chi connectivity index (χ3v) is 6.74. The molecule has 0 fully saturated rings. The first kappa shape index (κ1) is 20.2. The predicted octanol–water partition coefficient (Wildman–Crippen LogP) is 4.23. The van der Waals surface area contributed by atoms with Crippen molar-refractivity contribution < 1.29 is 9.29 Å². The van der Waals surface area contributed by atoms with Crippen molar-refractivity contribution in [1.29, 1.82) is 0 Å². The van der Waals surface area contributed by atoms with Crippen LogP contribution in [0.3, 0.4) is 0 Å². The number of hydrogen-bond donors (Lipinski definition) is 0. The Labute approximate surface area is 154 Å². The smallest absolute Gasteiger partial charge is 0.144 e. The lowest BCUT2D eigenvalue weighted by Gasteiger charge is -2.17. The van der Waals surface area contributed by atoms with Crippen LogP contribution in [0.25, 0.3) is 11.0 Å². The zero-order valence-corrected chi connectivity index (χ0v) is 17.9. The molecule has 0 aliphatic rings. The average molecular weight is 380 g/mol. The molecule has 0 aliphatic heterocycles. The normalized spacial score (nSPS) is 14.5. The van der Waals surface area contributed by atoms with Crippen LogP contribution in [0, 0.1) is 0 Å². The molecule has 1 atom stereocenters. The molecule has 0 N–H and O–H groups in total. The lowest BCUT2D eigenvalue weighted by Crippen LogP contribution is -2.25. The van der Waals surface area contributed by atoms with E-state index in [1.54, 1.807) is 12.5 Å². The zero-order valence-electron chi connectivity index (χ0n) is 16.1. The summed E-state index contributed by atoms with van der Waals surface area (Å²) >= 11 is -1.25. The van der Waals surface area contributed by atoms with Gasteiger partial charge in [-0.2, -0.15) is 0 Å². The molecule has 25 heavy (non-hydrogen) atoms. The molecule has 5 nitrogen and oxygen atoms in total. The predicted molar refractivity (Wildman–Crippen MR) is 109 cm³/mol. The van der Waals surface area contributed by atoms with Crippen molar-refractivity contribution in [3.05, 3.63) is 30.1 Å². The summed E-state index contributed by atoms with van der Waals surface area (Å²) in [5.41, 5.74) is 2.82. The second-order valence-corrected chi connectivity index (χ2v) is 16.0. The lowest BCUT2D eigenvalue weighted by molar-refractivity contribution is 0.0898. The fourth-order valence-corrected chi connectivity index (χ4v) is 3.36. The summed E-state index contributed by atoms with van der Waals surface area (Å²) in [6, 6.07) is 7.08. The Morgan fingerprint density at radius 3 is 2.68 bits per heavy atom. The van der Waals surface area contributed by atoms with Gasteiger partial charge in [-0.25, -0.2) is 4.98 Å². The van der Waals surface area contributed by atoms with Crippen LogP contribution in [-0.2, 0) is 22.8 Å². The number of fused-ring (bicyclic) bond motifs is 1. The van der Waals surface area contributed by atoms with Crippen LogP contribution in [-0.4, -0.2) is 39.7 Å². The topological polar surface area (TPSA) is 62.5 Å². The van der Waals surface area contributed by atoms with E-state index >= 15 is 0 Å². The summed E-state index contributed by atoms with van der Waals surface area (Å²) in [6.07, 6.45) is 3.46. The molecule has 0 bridgehead atoms. The van der Waals surface area contributed by atoms with E-state index in [4.69, 9.17) is 4.74 Å². The maximum atomic E-state index is 12.0. The highest BCUT2D eigenvalue weighted by molar-refractivity contribution is 7.91. The van der Waals surface area contributed by atoms with E-state index in [-0.39, 0.29) is 4.75 Å². The van der Waals surface area contributed by atoms with Crippen LogP contribution in [0.2, 0.25) is 25.7 Å². The Kier molecular flexibility index (Phi) is 6.48. The highest BCUT2D eigenvalue weighted by Gasteiger charge is 2.25. The van der Waals surface area contributed by atoms with Crippen molar-refractivity contribution in [1.82, 2.24) is 9.55 Å². The van der Waals surface area contributed by atoms with Crippen molar-refractivity contribution in [2.24, 2.45) is 4.40 Å². The number of nitrogens with zero attached hydrogens (tertiary/aromatic N) is 3. The summed E-state index contributed by atoms with van der Waals surface area (Å²) in [7, 11) is -1.06.